The van der Waals surface area contributed by atoms with E-state index in [1.165, 1.54) is 6.42 Å². The number of ether oxygens (including phenoxy) is 1. The van der Waals surface area contributed by atoms with Crippen molar-refractivity contribution in [2.45, 2.75) is 26.7 Å². The number of alkyl halides is 1. The van der Waals surface area contributed by atoms with Gasteiger partial charge in [0, 0.05) is 10.9 Å². The predicted molar refractivity (Wildman–Crippen MR) is 78.8 cm³/mol. The highest BCUT2D eigenvalue weighted by Crippen LogP contribution is 2.20. The van der Waals surface area contributed by atoms with Gasteiger partial charge in [-0.25, -0.2) is 0 Å². The molecule has 1 nitrogen and oxygen atoms in total. The second kappa shape index (κ2) is 8.35. The summed E-state index contributed by atoms with van der Waals surface area (Å²) in [5.41, 5.74) is 1.16. The van der Waals surface area contributed by atoms with Crippen LogP contribution in [0, 0.1) is 5.92 Å². The minimum atomic E-state index is 0.711. The van der Waals surface area contributed by atoms with Crippen LogP contribution in [0.3, 0.4) is 0 Å². The summed E-state index contributed by atoms with van der Waals surface area (Å²) in [7, 11) is 0. The molecule has 0 N–H and O–H groups in total. The van der Waals surface area contributed by atoms with E-state index in [1.807, 2.05) is 31.2 Å². The third-order valence-corrected chi connectivity index (χ3v) is 3.19. The highest BCUT2D eigenvalue weighted by Gasteiger charge is 2.03. The first-order valence-corrected chi connectivity index (χ1v) is 7.30. The Bertz CT molecular complexity index is 347. The predicted octanol–water partition coefficient (Wildman–Crippen LogP) is 4.91. The second-order valence-corrected chi connectivity index (χ2v) is 5.05. The highest BCUT2D eigenvalue weighted by molar-refractivity contribution is 9.09. The molecular weight excluding hydrogens is 276 g/mol. The number of halogens is 1. The first kappa shape index (κ1) is 14.3. The summed E-state index contributed by atoms with van der Waals surface area (Å²) in [5, 5.41) is 1.07. The molecule has 17 heavy (non-hydrogen) atoms. The van der Waals surface area contributed by atoms with Crippen molar-refractivity contribution in [1.82, 2.24) is 0 Å². The molecule has 0 bridgehead atoms. The molecule has 1 unspecified atom stereocenters. The molecule has 1 atom stereocenters. The van der Waals surface area contributed by atoms with Crippen LogP contribution in [-0.4, -0.2) is 11.9 Å². The number of benzene rings is 1. The average molecular weight is 297 g/mol. The largest absolute Gasteiger partial charge is 0.493 e. The van der Waals surface area contributed by atoms with E-state index in [0.717, 1.165) is 29.7 Å². The van der Waals surface area contributed by atoms with Crippen LogP contribution in [0.4, 0.5) is 0 Å². The van der Waals surface area contributed by atoms with E-state index in [9.17, 15) is 0 Å². The maximum absolute atomic E-state index is 5.84. The van der Waals surface area contributed by atoms with Crippen molar-refractivity contribution in [3.05, 3.63) is 35.9 Å². The van der Waals surface area contributed by atoms with Crippen LogP contribution in [0.25, 0.3) is 6.08 Å². The van der Waals surface area contributed by atoms with Crippen LogP contribution in [0.2, 0.25) is 0 Å². The quantitative estimate of drug-likeness (QED) is 0.650. The van der Waals surface area contributed by atoms with Gasteiger partial charge in [-0.2, -0.15) is 0 Å². The molecule has 1 aromatic carbocycles. The van der Waals surface area contributed by atoms with Crippen molar-refractivity contribution < 1.29 is 4.74 Å². The number of allylic oxidation sites excluding steroid dienone is 1. The van der Waals surface area contributed by atoms with E-state index < -0.39 is 0 Å². The van der Waals surface area contributed by atoms with Crippen molar-refractivity contribution in [3.63, 3.8) is 0 Å². The Balaban J connectivity index is 2.46. The molecule has 0 amide bonds. The van der Waals surface area contributed by atoms with Crippen LogP contribution in [0.15, 0.2) is 30.3 Å². The lowest BCUT2D eigenvalue weighted by atomic mass is 10.1. The van der Waals surface area contributed by atoms with Gasteiger partial charge in [-0.15, -0.1) is 0 Å². The third-order valence-electron chi connectivity index (χ3n) is 2.74. The van der Waals surface area contributed by atoms with Gasteiger partial charge in [0.05, 0.1) is 6.61 Å². The molecule has 0 spiro atoms. The zero-order chi connectivity index (χ0) is 12.5. The Labute approximate surface area is 113 Å². The Morgan fingerprint density at radius 1 is 1.29 bits per heavy atom. The SMILES string of the molecule is CC=Cc1ccccc1OCCC(C)CCBr. The third kappa shape index (κ3) is 5.40. The van der Waals surface area contributed by atoms with Gasteiger partial charge in [0.15, 0.2) is 0 Å². The zero-order valence-corrected chi connectivity index (χ0v) is 12.2. The van der Waals surface area contributed by atoms with Crippen molar-refractivity contribution in [1.29, 1.82) is 0 Å². The number of rotatable bonds is 7. The van der Waals surface area contributed by atoms with Gasteiger partial charge >= 0.3 is 0 Å². The lowest BCUT2D eigenvalue weighted by Crippen LogP contribution is -2.05. The molecule has 1 rings (SSSR count). The smallest absolute Gasteiger partial charge is 0.126 e. The average Bonchev–Trinajstić information content (AvgIpc) is 2.32. The molecule has 0 aliphatic rings. The fourth-order valence-electron chi connectivity index (χ4n) is 1.63. The highest BCUT2D eigenvalue weighted by atomic mass is 79.9. The molecule has 0 radical (unpaired) electrons. The lowest BCUT2D eigenvalue weighted by Gasteiger charge is -2.12. The van der Waals surface area contributed by atoms with Crippen LogP contribution in [0.5, 0.6) is 5.75 Å². The normalized spacial score (nSPS) is 12.9. The fraction of sp³-hybridized carbons (Fsp3) is 0.467. The Morgan fingerprint density at radius 3 is 2.76 bits per heavy atom. The number of hydrogen-bond acceptors (Lipinski definition) is 1. The summed E-state index contributed by atoms with van der Waals surface area (Å²) < 4.78 is 5.84. The Kier molecular flexibility index (Phi) is 7.02. The van der Waals surface area contributed by atoms with Gasteiger partial charge in [0.25, 0.3) is 0 Å². The van der Waals surface area contributed by atoms with Crippen molar-refractivity contribution in [3.8, 4) is 5.75 Å². The van der Waals surface area contributed by atoms with Crippen LogP contribution in [0.1, 0.15) is 32.3 Å². The molecule has 0 aliphatic carbocycles. The topological polar surface area (TPSA) is 9.23 Å². The molecule has 0 saturated carbocycles. The maximum Gasteiger partial charge on any atom is 0.126 e. The molecule has 1 aromatic rings. The number of para-hydroxylation sites is 1. The summed E-state index contributed by atoms with van der Waals surface area (Å²) in [6, 6.07) is 8.17. The van der Waals surface area contributed by atoms with Gasteiger partial charge < -0.3 is 4.74 Å². The molecular formula is C15H21BrO. The minimum Gasteiger partial charge on any atom is -0.493 e. The van der Waals surface area contributed by atoms with E-state index >= 15 is 0 Å². The van der Waals surface area contributed by atoms with Crippen molar-refractivity contribution in [2.75, 3.05) is 11.9 Å². The maximum atomic E-state index is 5.84. The van der Waals surface area contributed by atoms with Gasteiger partial charge in [-0.05, 0) is 31.7 Å². The van der Waals surface area contributed by atoms with E-state index in [1.54, 1.807) is 0 Å². The van der Waals surface area contributed by atoms with Gasteiger partial charge in [-0.1, -0.05) is 53.2 Å². The summed E-state index contributed by atoms with van der Waals surface area (Å²) in [6.45, 7) is 5.08. The van der Waals surface area contributed by atoms with Crippen LogP contribution < -0.4 is 4.74 Å². The van der Waals surface area contributed by atoms with E-state index in [2.05, 4.69) is 35.0 Å². The van der Waals surface area contributed by atoms with Gasteiger partial charge in [0.1, 0.15) is 5.75 Å². The summed E-state index contributed by atoms with van der Waals surface area (Å²) in [4.78, 5) is 0. The first-order valence-electron chi connectivity index (χ1n) is 6.18. The van der Waals surface area contributed by atoms with Gasteiger partial charge in [-0.3, -0.25) is 0 Å². The monoisotopic (exact) mass is 296 g/mol. The molecule has 0 heterocycles. The summed E-state index contributed by atoms with van der Waals surface area (Å²) in [6.07, 6.45) is 6.43. The van der Waals surface area contributed by atoms with Crippen LogP contribution in [-0.2, 0) is 0 Å². The van der Waals surface area contributed by atoms with E-state index in [4.69, 9.17) is 4.74 Å². The molecule has 0 saturated heterocycles. The molecule has 2 heteroatoms. The molecule has 0 aliphatic heterocycles. The summed E-state index contributed by atoms with van der Waals surface area (Å²) >= 11 is 3.47. The Morgan fingerprint density at radius 2 is 2.06 bits per heavy atom. The fourth-order valence-corrected chi connectivity index (χ4v) is 2.41. The van der Waals surface area contributed by atoms with Crippen LogP contribution >= 0.6 is 15.9 Å². The first-order chi connectivity index (χ1) is 8.27. The zero-order valence-electron chi connectivity index (χ0n) is 10.7. The van der Waals surface area contributed by atoms with Crippen molar-refractivity contribution >= 4 is 22.0 Å². The molecule has 0 fully saturated rings. The van der Waals surface area contributed by atoms with E-state index in [0.29, 0.717) is 5.92 Å². The standard InChI is InChI=1S/C15H21BrO/c1-3-6-14-7-4-5-8-15(14)17-12-10-13(2)9-11-16/h3-8,13H,9-12H2,1-2H3. The number of hydrogen-bond donors (Lipinski definition) is 0. The van der Waals surface area contributed by atoms with Gasteiger partial charge in [0.2, 0.25) is 0 Å². The van der Waals surface area contributed by atoms with Crippen molar-refractivity contribution in [2.24, 2.45) is 5.92 Å². The van der Waals surface area contributed by atoms with E-state index in [-0.39, 0.29) is 0 Å². The molecule has 94 valence electrons. The minimum absolute atomic E-state index is 0.711. The second-order valence-electron chi connectivity index (χ2n) is 4.26. The molecule has 0 aromatic heterocycles. The Hall–Kier alpha value is -0.760. The lowest BCUT2D eigenvalue weighted by molar-refractivity contribution is 0.282. The summed E-state index contributed by atoms with van der Waals surface area (Å²) in [5.74, 6) is 1.69.